The second-order valence-corrected chi connectivity index (χ2v) is 4.44. The molecule has 0 saturated heterocycles. The Balaban J connectivity index is 2.26. The number of amides is 1. The largest absolute Gasteiger partial charge is 0.473 e. The molecule has 5 nitrogen and oxygen atoms in total. The first kappa shape index (κ1) is 14.8. The number of anilines is 1. The number of halogens is 2. The molecule has 1 amide bonds. The monoisotopic (exact) mass is 293 g/mol. The number of aromatic nitrogens is 2. The third-order valence-corrected chi connectivity index (χ3v) is 2.46. The van der Waals surface area contributed by atoms with Crippen LogP contribution in [0.2, 0.25) is 0 Å². The summed E-state index contributed by atoms with van der Waals surface area (Å²) in [6, 6.07) is 4.23. The zero-order valence-corrected chi connectivity index (χ0v) is 11.4. The molecule has 0 spiro atoms. The van der Waals surface area contributed by atoms with Gasteiger partial charge < -0.3 is 10.1 Å². The molecule has 0 unspecified atom stereocenters. The molecule has 0 fully saturated rings. The van der Waals surface area contributed by atoms with Crippen LogP contribution in [0.15, 0.2) is 30.6 Å². The summed E-state index contributed by atoms with van der Waals surface area (Å²) in [5.41, 5.74) is -0.172. The van der Waals surface area contributed by atoms with E-state index in [1.165, 1.54) is 6.20 Å². The fraction of sp³-hybridized carbons (Fsp3) is 0.214. The highest BCUT2D eigenvalue weighted by Gasteiger charge is 2.18. The van der Waals surface area contributed by atoms with Gasteiger partial charge in [-0.15, -0.1) is 0 Å². The van der Waals surface area contributed by atoms with Crippen LogP contribution in [0, 0.1) is 11.8 Å². The van der Waals surface area contributed by atoms with E-state index in [-0.39, 0.29) is 17.7 Å². The van der Waals surface area contributed by atoms with E-state index in [2.05, 4.69) is 15.3 Å². The molecule has 21 heavy (non-hydrogen) atoms. The van der Waals surface area contributed by atoms with Crippen molar-refractivity contribution in [1.82, 2.24) is 9.97 Å². The maximum Gasteiger partial charge on any atom is 0.259 e. The fourth-order valence-electron chi connectivity index (χ4n) is 1.59. The first-order valence-corrected chi connectivity index (χ1v) is 6.22. The molecule has 0 bridgehead atoms. The van der Waals surface area contributed by atoms with Gasteiger partial charge in [-0.2, -0.15) is 4.39 Å². The van der Waals surface area contributed by atoms with Crippen molar-refractivity contribution in [2.45, 2.75) is 20.0 Å². The number of ether oxygens (including phenoxy) is 1. The van der Waals surface area contributed by atoms with Crippen LogP contribution in [0.4, 0.5) is 14.5 Å². The van der Waals surface area contributed by atoms with E-state index in [1.807, 2.05) is 0 Å². The minimum Gasteiger partial charge on any atom is -0.473 e. The molecule has 0 radical (unpaired) electrons. The van der Waals surface area contributed by atoms with Gasteiger partial charge in [0.2, 0.25) is 11.8 Å². The van der Waals surface area contributed by atoms with Gasteiger partial charge in [-0.3, -0.25) is 4.79 Å². The smallest absolute Gasteiger partial charge is 0.259 e. The molecular formula is C14H13F2N3O2. The molecule has 0 aliphatic carbocycles. The van der Waals surface area contributed by atoms with Crippen LogP contribution >= 0.6 is 0 Å². The first-order valence-electron chi connectivity index (χ1n) is 6.22. The second-order valence-electron chi connectivity index (χ2n) is 4.44. The Morgan fingerprint density at radius 2 is 2.00 bits per heavy atom. The Labute approximate surface area is 120 Å². The Bertz CT molecular complexity index is 662. The molecule has 0 aliphatic rings. The minimum absolute atomic E-state index is 0.148. The summed E-state index contributed by atoms with van der Waals surface area (Å²) in [6.45, 7) is 3.61. The van der Waals surface area contributed by atoms with Crippen LogP contribution in [0.3, 0.4) is 0 Å². The maximum atomic E-state index is 13.5. The molecule has 2 aromatic rings. The van der Waals surface area contributed by atoms with Crippen LogP contribution in [-0.2, 0) is 0 Å². The van der Waals surface area contributed by atoms with E-state index < -0.39 is 23.2 Å². The lowest BCUT2D eigenvalue weighted by Crippen LogP contribution is -2.17. The van der Waals surface area contributed by atoms with Crippen LogP contribution in [0.1, 0.15) is 24.2 Å². The highest BCUT2D eigenvalue weighted by atomic mass is 19.2. The summed E-state index contributed by atoms with van der Waals surface area (Å²) in [6.07, 6.45) is 2.37. The molecule has 0 aromatic carbocycles. The molecule has 2 heterocycles. The maximum absolute atomic E-state index is 13.5. The summed E-state index contributed by atoms with van der Waals surface area (Å²) < 4.78 is 32.0. The first-order chi connectivity index (χ1) is 9.99. The number of nitrogens with one attached hydrogen (secondary N) is 1. The number of carbonyl (C=O) groups is 1. The number of hydrogen-bond acceptors (Lipinski definition) is 4. The summed E-state index contributed by atoms with van der Waals surface area (Å²) in [5.74, 6) is -3.23. The molecule has 0 saturated carbocycles. The number of rotatable bonds is 4. The van der Waals surface area contributed by atoms with Gasteiger partial charge in [-0.05, 0) is 32.0 Å². The van der Waals surface area contributed by atoms with Crippen LogP contribution in [0.25, 0.3) is 0 Å². The second kappa shape index (κ2) is 6.25. The molecular weight excluding hydrogens is 280 g/mol. The fourth-order valence-corrected chi connectivity index (χ4v) is 1.59. The Kier molecular flexibility index (Phi) is 4.42. The zero-order chi connectivity index (χ0) is 15.4. The predicted octanol–water partition coefficient (Wildman–Crippen LogP) is 2.79. The summed E-state index contributed by atoms with van der Waals surface area (Å²) in [4.78, 5) is 19.1. The van der Waals surface area contributed by atoms with Crippen molar-refractivity contribution in [2.75, 3.05) is 5.32 Å². The van der Waals surface area contributed by atoms with E-state index >= 15 is 0 Å². The van der Waals surface area contributed by atoms with Gasteiger partial charge in [0.25, 0.3) is 5.91 Å². The normalized spacial score (nSPS) is 10.5. The lowest BCUT2D eigenvalue weighted by molar-refractivity contribution is 0.102. The lowest BCUT2D eigenvalue weighted by Gasteiger charge is -2.13. The van der Waals surface area contributed by atoms with E-state index in [1.54, 1.807) is 26.0 Å². The minimum atomic E-state index is -1.33. The standard InChI is InChI=1S/C14H13F2N3O2/c1-8(2)21-14-10(4-3-6-18-14)19-13(20)9-5-7-17-12(16)11(9)15/h3-8H,1-2H3,(H,19,20). The average Bonchev–Trinajstić information content (AvgIpc) is 2.43. The van der Waals surface area contributed by atoms with Gasteiger partial charge in [0.15, 0.2) is 5.82 Å². The number of carbonyl (C=O) groups excluding carboxylic acids is 1. The summed E-state index contributed by atoms with van der Waals surface area (Å²) >= 11 is 0. The number of hydrogen-bond donors (Lipinski definition) is 1. The van der Waals surface area contributed by atoms with Crippen molar-refractivity contribution >= 4 is 11.6 Å². The Hall–Kier alpha value is -2.57. The van der Waals surface area contributed by atoms with E-state index in [0.717, 1.165) is 12.3 Å². The topological polar surface area (TPSA) is 64.1 Å². The van der Waals surface area contributed by atoms with Crippen molar-refractivity contribution in [3.63, 3.8) is 0 Å². The van der Waals surface area contributed by atoms with E-state index in [0.29, 0.717) is 0 Å². The highest BCUT2D eigenvalue weighted by molar-refractivity contribution is 6.04. The van der Waals surface area contributed by atoms with Crippen molar-refractivity contribution < 1.29 is 18.3 Å². The Morgan fingerprint density at radius 3 is 2.71 bits per heavy atom. The van der Waals surface area contributed by atoms with Crippen LogP contribution in [0.5, 0.6) is 5.88 Å². The third kappa shape index (κ3) is 3.50. The number of pyridine rings is 2. The Morgan fingerprint density at radius 1 is 1.24 bits per heavy atom. The summed E-state index contributed by atoms with van der Waals surface area (Å²) in [7, 11) is 0. The highest BCUT2D eigenvalue weighted by Crippen LogP contribution is 2.23. The summed E-state index contributed by atoms with van der Waals surface area (Å²) in [5, 5.41) is 2.44. The molecule has 7 heteroatoms. The van der Waals surface area contributed by atoms with Gasteiger partial charge in [0.1, 0.15) is 5.69 Å². The van der Waals surface area contributed by atoms with Gasteiger partial charge >= 0.3 is 0 Å². The average molecular weight is 293 g/mol. The van der Waals surface area contributed by atoms with Crippen molar-refractivity contribution in [3.8, 4) is 5.88 Å². The molecule has 110 valence electrons. The molecule has 0 atom stereocenters. The molecule has 2 rings (SSSR count). The van der Waals surface area contributed by atoms with Gasteiger partial charge in [-0.1, -0.05) is 0 Å². The molecule has 1 N–H and O–H groups in total. The van der Waals surface area contributed by atoms with Crippen LogP contribution < -0.4 is 10.1 Å². The van der Waals surface area contributed by atoms with Crippen molar-refractivity contribution in [2.24, 2.45) is 0 Å². The molecule has 0 aliphatic heterocycles. The van der Waals surface area contributed by atoms with Gasteiger partial charge in [0, 0.05) is 12.4 Å². The van der Waals surface area contributed by atoms with Gasteiger partial charge in [0.05, 0.1) is 11.7 Å². The van der Waals surface area contributed by atoms with Gasteiger partial charge in [-0.25, -0.2) is 14.4 Å². The van der Waals surface area contributed by atoms with Crippen molar-refractivity contribution in [3.05, 3.63) is 47.9 Å². The van der Waals surface area contributed by atoms with E-state index in [9.17, 15) is 13.6 Å². The lowest BCUT2D eigenvalue weighted by atomic mass is 10.2. The SMILES string of the molecule is CC(C)Oc1ncccc1NC(=O)c1ccnc(F)c1F. The quantitative estimate of drug-likeness (QED) is 0.880. The van der Waals surface area contributed by atoms with Crippen molar-refractivity contribution in [1.29, 1.82) is 0 Å². The van der Waals surface area contributed by atoms with E-state index in [4.69, 9.17) is 4.74 Å². The number of nitrogens with zero attached hydrogens (tertiary/aromatic N) is 2. The predicted molar refractivity (Wildman–Crippen MR) is 72.1 cm³/mol. The van der Waals surface area contributed by atoms with Crippen LogP contribution in [-0.4, -0.2) is 22.0 Å². The zero-order valence-electron chi connectivity index (χ0n) is 11.4. The third-order valence-electron chi connectivity index (χ3n) is 2.46. The molecule has 2 aromatic heterocycles.